The van der Waals surface area contributed by atoms with Gasteiger partial charge in [-0.3, -0.25) is 0 Å². The summed E-state index contributed by atoms with van der Waals surface area (Å²) in [6.45, 7) is 2.87. The van der Waals surface area contributed by atoms with Crippen molar-refractivity contribution < 1.29 is 9.53 Å². The van der Waals surface area contributed by atoms with Crippen LogP contribution in [0.3, 0.4) is 0 Å². The third kappa shape index (κ3) is 2.08. The van der Waals surface area contributed by atoms with Crippen LogP contribution in [0.1, 0.15) is 6.92 Å². The van der Waals surface area contributed by atoms with Gasteiger partial charge in [-0.05, 0) is 13.0 Å². The number of ether oxygens (including phenoxy) is 1. The Kier molecular flexibility index (Phi) is 2.85. The molecule has 1 rings (SSSR count). The molecule has 1 heterocycles. The highest BCUT2D eigenvalue weighted by atomic mass is 16.5. The zero-order chi connectivity index (χ0) is 8.97. The lowest BCUT2D eigenvalue weighted by atomic mass is 10.3. The molecule has 12 heavy (non-hydrogen) atoms. The van der Waals surface area contributed by atoms with Crippen LogP contribution < -0.4 is 0 Å². The average Bonchev–Trinajstić information content (AvgIpc) is 2.06. The van der Waals surface area contributed by atoms with Crippen LogP contribution in [0.4, 0.5) is 0 Å². The van der Waals surface area contributed by atoms with Crippen molar-refractivity contribution in [2.75, 3.05) is 20.2 Å². The van der Waals surface area contributed by atoms with Gasteiger partial charge in [0.25, 0.3) is 0 Å². The maximum absolute atomic E-state index is 11.1. The number of nitrogens with zero attached hydrogens (tertiary/aromatic N) is 2. The van der Waals surface area contributed by atoms with Crippen molar-refractivity contribution in [1.29, 1.82) is 0 Å². The van der Waals surface area contributed by atoms with Crippen LogP contribution in [0.15, 0.2) is 16.8 Å². The Labute approximate surface area is 71.5 Å². The average molecular weight is 168 g/mol. The zero-order valence-corrected chi connectivity index (χ0v) is 7.28. The normalized spacial score (nSPS) is 15.8. The predicted octanol–water partition coefficient (Wildman–Crippen LogP) is 0.407. The molecule has 0 radical (unpaired) electrons. The fourth-order valence-corrected chi connectivity index (χ4v) is 0.832. The minimum Gasteiger partial charge on any atom is -0.461 e. The Morgan fingerprint density at radius 2 is 2.58 bits per heavy atom. The summed E-state index contributed by atoms with van der Waals surface area (Å²) in [7, 11) is 1.89. The largest absolute Gasteiger partial charge is 0.461 e. The molecule has 1 aliphatic heterocycles. The third-order valence-electron chi connectivity index (χ3n) is 1.45. The molecule has 0 aliphatic carbocycles. The Bertz CT molecular complexity index is 233. The fraction of sp³-hybridized carbons (Fsp3) is 0.500. The van der Waals surface area contributed by atoms with Gasteiger partial charge in [0.15, 0.2) is 0 Å². The number of likely N-dealkylation sites (N-methyl/N-ethyl adjacent to an activating group) is 1. The standard InChI is InChI=1S/C8H12N2O2/c1-3-12-8(11)7-4-5-10(2)6-9-7/h4,6H,3,5H2,1-2H3. The summed E-state index contributed by atoms with van der Waals surface area (Å²) >= 11 is 0. The van der Waals surface area contributed by atoms with Crippen molar-refractivity contribution in [1.82, 2.24) is 4.90 Å². The molecule has 0 bridgehead atoms. The lowest BCUT2D eigenvalue weighted by molar-refractivity contribution is -0.138. The van der Waals surface area contributed by atoms with Crippen molar-refractivity contribution in [3.63, 3.8) is 0 Å². The molecular weight excluding hydrogens is 156 g/mol. The second-order valence-corrected chi connectivity index (χ2v) is 2.49. The second-order valence-electron chi connectivity index (χ2n) is 2.49. The number of hydrogen-bond donors (Lipinski definition) is 0. The first-order valence-corrected chi connectivity index (χ1v) is 3.85. The van der Waals surface area contributed by atoms with Crippen LogP contribution in [-0.4, -0.2) is 37.4 Å². The molecule has 0 amide bonds. The van der Waals surface area contributed by atoms with Gasteiger partial charge in [-0.25, -0.2) is 9.79 Å². The van der Waals surface area contributed by atoms with Gasteiger partial charge < -0.3 is 9.64 Å². The van der Waals surface area contributed by atoms with E-state index in [4.69, 9.17) is 4.74 Å². The van der Waals surface area contributed by atoms with E-state index in [1.54, 1.807) is 19.3 Å². The van der Waals surface area contributed by atoms with Gasteiger partial charge >= 0.3 is 5.97 Å². The van der Waals surface area contributed by atoms with Crippen LogP contribution in [0.2, 0.25) is 0 Å². The van der Waals surface area contributed by atoms with Crippen LogP contribution in [0.5, 0.6) is 0 Å². The van der Waals surface area contributed by atoms with Crippen molar-refractivity contribution in [3.8, 4) is 0 Å². The monoisotopic (exact) mass is 168 g/mol. The van der Waals surface area contributed by atoms with E-state index in [2.05, 4.69) is 4.99 Å². The summed E-state index contributed by atoms with van der Waals surface area (Å²) in [4.78, 5) is 16.9. The summed E-state index contributed by atoms with van der Waals surface area (Å²) in [6, 6.07) is 0. The second kappa shape index (κ2) is 3.90. The zero-order valence-electron chi connectivity index (χ0n) is 7.28. The maximum Gasteiger partial charge on any atom is 0.356 e. The van der Waals surface area contributed by atoms with Crippen LogP contribution in [0.25, 0.3) is 0 Å². The lowest BCUT2D eigenvalue weighted by Crippen LogP contribution is -2.21. The smallest absolute Gasteiger partial charge is 0.356 e. The molecule has 1 aliphatic rings. The fourth-order valence-electron chi connectivity index (χ4n) is 0.832. The Balaban J connectivity index is 2.54. The molecule has 0 atom stereocenters. The topological polar surface area (TPSA) is 41.9 Å². The summed E-state index contributed by atoms with van der Waals surface area (Å²) in [5, 5.41) is 0. The molecule has 4 nitrogen and oxygen atoms in total. The number of rotatable bonds is 2. The number of carbonyl (C=O) groups is 1. The SMILES string of the molecule is CCOC(=O)C1=CCN(C)C=N1. The van der Waals surface area contributed by atoms with E-state index in [-0.39, 0.29) is 5.97 Å². The molecule has 66 valence electrons. The highest BCUT2D eigenvalue weighted by Gasteiger charge is 2.11. The minimum atomic E-state index is -0.346. The maximum atomic E-state index is 11.1. The Morgan fingerprint density at radius 1 is 1.83 bits per heavy atom. The molecule has 0 fully saturated rings. The molecule has 4 heteroatoms. The van der Waals surface area contributed by atoms with Crippen molar-refractivity contribution in [3.05, 3.63) is 11.8 Å². The highest BCUT2D eigenvalue weighted by Crippen LogP contribution is 2.04. The Hall–Kier alpha value is -1.32. The number of aliphatic imine (C=N–C) groups is 1. The minimum absolute atomic E-state index is 0.346. The van der Waals surface area contributed by atoms with E-state index in [0.717, 1.165) is 0 Å². The number of hydrogen-bond acceptors (Lipinski definition) is 4. The van der Waals surface area contributed by atoms with Crippen molar-refractivity contribution >= 4 is 12.3 Å². The molecule has 0 aromatic carbocycles. The summed E-state index contributed by atoms with van der Waals surface area (Å²) in [5.41, 5.74) is 0.398. The molecule has 0 N–H and O–H groups in total. The van der Waals surface area contributed by atoms with E-state index in [1.165, 1.54) is 0 Å². The molecular formula is C8H12N2O2. The summed E-state index contributed by atoms with van der Waals surface area (Å²) in [5.74, 6) is -0.346. The lowest BCUT2D eigenvalue weighted by Gasteiger charge is -2.14. The predicted molar refractivity (Wildman–Crippen MR) is 45.8 cm³/mol. The third-order valence-corrected chi connectivity index (χ3v) is 1.45. The molecule has 0 saturated heterocycles. The van der Waals surface area contributed by atoms with Gasteiger partial charge in [0, 0.05) is 13.6 Å². The Morgan fingerprint density at radius 3 is 3.08 bits per heavy atom. The molecule has 0 aromatic rings. The first-order chi connectivity index (χ1) is 5.74. The van der Waals surface area contributed by atoms with Crippen molar-refractivity contribution in [2.45, 2.75) is 6.92 Å². The van der Waals surface area contributed by atoms with Gasteiger partial charge in [-0.1, -0.05) is 0 Å². The van der Waals surface area contributed by atoms with E-state index >= 15 is 0 Å². The molecule has 0 unspecified atom stereocenters. The van der Waals surface area contributed by atoms with E-state index in [9.17, 15) is 4.79 Å². The highest BCUT2D eigenvalue weighted by molar-refractivity contribution is 5.90. The van der Waals surface area contributed by atoms with Crippen LogP contribution in [0, 0.1) is 0 Å². The first-order valence-electron chi connectivity index (χ1n) is 3.85. The van der Waals surface area contributed by atoms with Gasteiger partial charge in [-0.15, -0.1) is 0 Å². The van der Waals surface area contributed by atoms with Gasteiger partial charge in [0.2, 0.25) is 0 Å². The molecule has 0 aromatic heterocycles. The number of esters is 1. The van der Waals surface area contributed by atoms with Gasteiger partial charge in [0.05, 0.1) is 12.9 Å². The van der Waals surface area contributed by atoms with Crippen LogP contribution >= 0.6 is 0 Å². The quantitative estimate of drug-likeness (QED) is 0.561. The van der Waals surface area contributed by atoms with E-state index in [1.807, 2.05) is 11.9 Å². The summed E-state index contributed by atoms with van der Waals surface area (Å²) in [6.07, 6.45) is 3.37. The molecule has 0 spiro atoms. The number of carbonyl (C=O) groups excluding carboxylic acids is 1. The van der Waals surface area contributed by atoms with E-state index < -0.39 is 0 Å². The van der Waals surface area contributed by atoms with Crippen LogP contribution in [-0.2, 0) is 9.53 Å². The van der Waals surface area contributed by atoms with Crippen molar-refractivity contribution in [2.24, 2.45) is 4.99 Å². The summed E-state index contributed by atoms with van der Waals surface area (Å²) < 4.78 is 4.78. The van der Waals surface area contributed by atoms with Gasteiger partial charge in [0.1, 0.15) is 5.70 Å². The van der Waals surface area contributed by atoms with Gasteiger partial charge in [-0.2, -0.15) is 0 Å². The first kappa shape index (κ1) is 8.77. The molecule has 0 saturated carbocycles. The van der Waals surface area contributed by atoms with E-state index in [0.29, 0.717) is 18.8 Å².